The summed E-state index contributed by atoms with van der Waals surface area (Å²) in [5, 5.41) is 14.5. The first kappa shape index (κ1) is 22.7. The standard InChI is InChI=1S/C26H31N3O4/c1-26(2,25(30)31)11-10-19-16-24(18-14-20(32-3)17-21(15-18)33-4)29(27-19)23-9-6-5-8-22(23)28-12-7-13-28/h5-6,8-9,14-17H,7,10-13H2,1-4H3,(H,30,31). The molecular weight excluding hydrogens is 418 g/mol. The first-order valence-corrected chi connectivity index (χ1v) is 11.2. The van der Waals surface area contributed by atoms with Gasteiger partial charge >= 0.3 is 5.97 Å². The van der Waals surface area contributed by atoms with Crippen molar-refractivity contribution in [3.63, 3.8) is 0 Å². The van der Waals surface area contributed by atoms with Crippen molar-refractivity contribution in [3.8, 4) is 28.4 Å². The Hall–Kier alpha value is -3.48. The Labute approximate surface area is 194 Å². The Morgan fingerprint density at radius 3 is 2.21 bits per heavy atom. The van der Waals surface area contributed by atoms with Crippen LogP contribution >= 0.6 is 0 Å². The maximum absolute atomic E-state index is 11.6. The van der Waals surface area contributed by atoms with Gasteiger partial charge in [-0.3, -0.25) is 4.79 Å². The number of nitrogens with zero attached hydrogens (tertiary/aromatic N) is 3. The van der Waals surface area contributed by atoms with Crippen molar-refractivity contribution in [2.45, 2.75) is 33.1 Å². The monoisotopic (exact) mass is 449 g/mol. The van der Waals surface area contributed by atoms with Gasteiger partial charge in [-0.15, -0.1) is 0 Å². The van der Waals surface area contributed by atoms with E-state index < -0.39 is 11.4 Å². The van der Waals surface area contributed by atoms with Crippen LogP contribution in [-0.2, 0) is 11.2 Å². The molecule has 1 fully saturated rings. The van der Waals surface area contributed by atoms with E-state index >= 15 is 0 Å². The third kappa shape index (κ3) is 4.67. The Bertz CT molecular complexity index is 1130. The van der Waals surface area contributed by atoms with Gasteiger partial charge in [0.05, 0.1) is 42.4 Å². The number of benzene rings is 2. The molecular formula is C26H31N3O4. The molecule has 0 amide bonds. The number of para-hydroxylation sites is 2. The number of aryl methyl sites for hydroxylation is 1. The molecule has 1 aliphatic rings. The SMILES string of the molecule is COc1cc(OC)cc(-c2cc(CCC(C)(C)C(=O)O)nn2-c2ccccc2N2CCC2)c1. The number of carboxylic acid groups (broad SMARTS) is 1. The van der Waals surface area contributed by atoms with E-state index in [2.05, 4.69) is 17.0 Å². The largest absolute Gasteiger partial charge is 0.497 e. The molecule has 2 heterocycles. The van der Waals surface area contributed by atoms with Gasteiger partial charge in [-0.25, -0.2) is 4.68 Å². The molecule has 7 heteroatoms. The average Bonchev–Trinajstić information content (AvgIpc) is 3.21. The zero-order valence-corrected chi connectivity index (χ0v) is 19.7. The van der Waals surface area contributed by atoms with E-state index in [-0.39, 0.29) is 0 Å². The van der Waals surface area contributed by atoms with E-state index in [1.54, 1.807) is 28.1 Å². The van der Waals surface area contributed by atoms with Crippen molar-refractivity contribution in [1.82, 2.24) is 9.78 Å². The van der Waals surface area contributed by atoms with Crippen LogP contribution in [0.25, 0.3) is 16.9 Å². The number of carbonyl (C=O) groups is 1. The van der Waals surface area contributed by atoms with Gasteiger partial charge in [-0.2, -0.15) is 5.10 Å². The molecule has 0 radical (unpaired) electrons. The Kier molecular flexibility index (Phi) is 6.31. The number of ether oxygens (including phenoxy) is 2. The van der Waals surface area contributed by atoms with Crippen LogP contribution in [-0.4, -0.2) is 48.2 Å². The summed E-state index contributed by atoms with van der Waals surface area (Å²) in [7, 11) is 3.27. The lowest BCUT2D eigenvalue weighted by molar-refractivity contribution is -0.147. The van der Waals surface area contributed by atoms with Gasteiger partial charge in [-0.05, 0) is 63.4 Å². The lowest BCUT2D eigenvalue weighted by Gasteiger charge is -2.34. The summed E-state index contributed by atoms with van der Waals surface area (Å²) >= 11 is 0. The van der Waals surface area contributed by atoms with Crippen LogP contribution < -0.4 is 14.4 Å². The van der Waals surface area contributed by atoms with Crippen LogP contribution in [0.1, 0.15) is 32.4 Å². The lowest BCUT2D eigenvalue weighted by Crippen LogP contribution is -2.37. The molecule has 0 unspecified atom stereocenters. The third-order valence-corrected chi connectivity index (χ3v) is 6.30. The molecule has 1 N–H and O–H groups in total. The number of aliphatic carboxylic acids is 1. The normalized spacial score (nSPS) is 13.5. The first-order valence-electron chi connectivity index (χ1n) is 11.2. The Morgan fingerprint density at radius 2 is 1.67 bits per heavy atom. The zero-order chi connectivity index (χ0) is 23.6. The summed E-state index contributed by atoms with van der Waals surface area (Å²) in [6, 6.07) is 16.1. The number of hydrogen-bond acceptors (Lipinski definition) is 5. The predicted octanol–water partition coefficient (Wildman–Crippen LogP) is 4.81. The molecule has 1 aliphatic heterocycles. The van der Waals surface area contributed by atoms with Gasteiger partial charge in [0.15, 0.2) is 0 Å². The first-order chi connectivity index (χ1) is 15.8. The fourth-order valence-electron chi connectivity index (χ4n) is 3.91. The highest BCUT2D eigenvalue weighted by Crippen LogP contribution is 2.35. The highest BCUT2D eigenvalue weighted by Gasteiger charge is 2.28. The number of rotatable bonds is 9. The molecule has 1 aromatic heterocycles. The molecule has 1 saturated heterocycles. The van der Waals surface area contributed by atoms with Gasteiger partial charge in [0, 0.05) is 24.7 Å². The van der Waals surface area contributed by atoms with Crippen molar-refractivity contribution in [1.29, 1.82) is 0 Å². The van der Waals surface area contributed by atoms with Crippen molar-refractivity contribution in [3.05, 3.63) is 54.2 Å². The number of methoxy groups -OCH3 is 2. The summed E-state index contributed by atoms with van der Waals surface area (Å²) < 4.78 is 13.0. The van der Waals surface area contributed by atoms with Gasteiger partial charge in [0.25, 0.3) is 0 Å². The highest BCUT2D eigenvalue weighted by molar-refractivity contribution is 5.74. The fraction of sp³-hybridized carbons (Fsp3) is 0.385. The third-order valence-electron chi connectivity index (χ3n) is 6.30. The van der Waals surface area contributed by atoms with Crippen LogP contribution in [0.2, 0.25) is 0 Å². The van der Waals surface area contributed by atoms with Crippen molar-refractivity contribution < 1.29 is 19.4 Å². The summed E-state index contributed by atoms with van der Waals surface area (Å²) in [4.78, 5) is 13.9. The lowest BCUT2D eigenvalue weighted by atomic mass is 9.87. The van der Waals surface area contributed by atoms with E-state index in [4.69, 9.17) is 14.6 Å². The average molecular weight is 450 g/mol. The zero-order valence-electron chi connectivity index (χ0n) is 19.7. The maximum Gasteiger partial charge on any atom is 0.309 e. The number of hydrogen-bond donors (Lipinski definition) is 1. The van der Waals surface area contributed by atoms with Crippen LogP contribution in [0.3, 0.4) is 0 Å². The maximum atomic E-state index is 11.6. The van der Waals surface area contributed by atoms with Crippen molar-refractivity contribution >= 4 is 11.7 Å². The highest BCUT2D eigenvalue weighted by atomic mass is 16.5. The molecule has 0 aliphatic carbocycles. The van der Waals surface area contributed by atoms with Gasteiger partial charge in [0.2, 0.25) is 0 Å². The molecule has 2 aromatic carbocycles. The molecule has 0 atom stereocenters. The summed E-state index contributed by atoms with van der Waals surface area (Å²) in [6.45, 7) is 5.55. The van der Waals surface area contributed by atoms with E-state index in [1.165, 1.54) is 6.42 Å². The minimum atomic E-state index is -0.821. The topological polar surface area (TPSA) is 76.8 Å². The predicted molar refractivity (Wildman–Crippen MR) is 129 cm³/mol. The molecule has 0 bridgehead atoms. The summed E-state index contributed by atoms with van der Waals surface area (Å²) in [5.74, 6) is 0.589. The Morgan fingerprint density at radius 1 is 1.03 bits per heavy atom. The molecule has 33 heavy (non-hydrogen) atoms. The Balaban J connectivity index is 1.82. The molecule has 4 rings (SSSR count). The van der Waals surface area contributed by atoms with Gasteiger partial charge in [-0.1, -0.05) is 12.1 Å². The van der Waals surface area contributed by atoms with Crippen LogP contribution in [0, 0.1) is 5.41 Å². The van der Waals surface area contributed by atoms with E-state index in [9.17, 15) is 9.90 Å². The van der Waals surface area contributed by atoms with E-state index in [0.717, 1.165) is 41.4 Å². The quantitative estimate of drug-likeness (QED) is 0.505. The van der Waals surface area contributed by atoms with Crippen LogP contribution in [0.5, 0.6) is 11.5 Å². The molecule has 3 aromatic rings. The van der Waals surface area contributed by atoms with Crippen LogP contribution in [0.4, 0.5) is 5.69 Å². The number of anilines is 1. The van der Waals surface area contributed by atoms with Gasteiger partial charge in [0.1, 0.15) is 11.5 Å². The minimum absolute atomic E-state index is 0.494. The van der Waals surface area contributed by atoms with Gasteiger partial charge < -0.3 is 19.5 Å². The molecule has 174 valence electrons. The summed E-state index contributed by atoms with van der Waals surface area (Å²) in [6.07, 6.45) is 2.24. The molecule has 0 saturated carbocycles. The number of carboxylic acids is 1. The second-order valence-corrected chi connectivity index (χ2v) is 9.05. The molecule has 0 spiro atoms. The fourth-order valence-corrected chi connectivity index (χ4v) is 3.91. The van der Waals surface area contributed by atoms with E-state index in [0.29, 0.717) is 24.3 Å². The van der Waals surface area contributed by atoms with Crippen molar-refractivity contribution in [2.24, 2.45) is 5.41 Å². The number of aromatic nitrogens is 2. The second-order valence-electron chi connectivity index (χ2n) is 9.05. The molecule has 7 nitrogen and oxygen atoms in total. The van der Waals surface area contributed by atoms with E-state index in [1.807, 2.05) is 41.1 Å². The summed E-state index contributed by atoms with van der Waals surface area (Å²) in [5.41, 5.74) is 3.99. The minimum Gasteiger partial charge on any atom is -0.497 e. The van der Waals surface area contributed by atoms with Crippen LogP contribution in [0.15, 0.2) is 48.5 Å². The smallest absolute Gasteiger partial charge is 0.309 e. The second kappa shape index (κ2) is 9.17. The van der Waals surface area contributed by atoms with Crippen molar-refractivity contribution in [2.75, 3.05) is 32.2 Å².